The molecule has 3 atom stereocenters. The Morgan fingerprint density at radius 3 is 2.89 bits per heavy atom. The van der Waals surface area contributed by atoms with Crippen LogP contribution in [0, 0.1) is 5.92 Å². The van der Waals surface area contributed by atoms with E-state index >= 15 is 0 Å². The Kier molecular flexibility index (Phi) is 4.76. The third-order valence-corrected chi connectivity index (χ3v) is 4.92. The van der Waals surface area contributed by atoms with Gasteiger partial charge in [-0.05, 0) is 12.8 Å². The topological polar surface area (TPSA) is 28.2 Å². The molecule has 0 aliphatic carbocycles. The average molecular weight is 267 g/mol. The van der Waals surface area contributed by atoms with Gasteiger partial charge in [-0.1, -0.05) is 20.8 Å². The Morgan fingerprint density at radius 2 is 2.28 bits per heavy atom. The number of piperazine rings is 1. The summed E-state index contributed by atoms with van der Waals surface area (Å²) in [6, 6.07) is 1.26. The van der Waals surface area contributed by atoms with E-state index in [0.29, 0.717) is 23.9 Å². The first-order chi connectivity index (χ1) is 8.58. The third kappa shape index (κ3) is 3.31. The van der Waals surface area contributed by atoms with Gasteiger partial charge >= 0.3 is 0 Å². The van der Waals surface area contributed by atoms with E-state index in [1.54, 1.807) is 11.3 Å². The van der Waals surface area contributed by atoms with E-state index in [1.165, 1.54) is 5.01 Å². The summed E-state index contributed by atoms with van der Waals surface area (Å²) in [5, 5.41) is 6.99. The summed E-state index contributed by atoms with van der Waals surface area (Å²) in [5.41, 5.74) is 0. The number of nitrogens with zero attached hydrogens (tertiary/aromatic N) is 2. The Hall–Kier alpha value is -0.450. The molecule has 1 aromatic heterocycles. The fourth-order valence-corrected chi connectivity index (χ4v) is 3.25. The monoisotopic (exact) mass is 267 g/mol. The summed E-state index contributed by atoms with van der Waals surface area (Å²) in [6.07, 6.45) is 1.91. The van der Waals surface area contributed by atoms with Gasteiger partial charge in [-0.25, -0.2) is 4.98 Å². The fraction of sp³-hybridized carbons (Fsp3) is 0.786. The van der Waals surface area contributed by atoms with Crippen molar-refractivity contribution in [2.75, 3.05) is 19.6 Å². The van der Waals surface area contributed by atoms with Gasteiger partial charge in [0.15, 0.2) is 0 Å². The van der Waals surface area contributed by atoms with E-state index in [2.05, 4.69) is 48.3 Å². The molecule has 1 aliphatic heterocycles. The van der Waals surface area contributed by atoms with E-state index in [1.807, 2.05) is 6.20 Å². The zero-order valence-corrected chi connectivity index (χ0v) is 12.7. The van der Waals surface area contributed by atoms with Crippen molar-refractivity contribution in [1.82, 2.24) is 15.2 Å². The lowest BCUT2D eigenvalue weighted by molar-refractivity contribution is 0.117. The van der Waals surface area contributed by atoms with Crippen molar-refractivity contribution < 1.29 is 0 Å². The molecule has 0 amide bonds. The predicted octanol–water partition coefficient (Wildman–Crippen LogP) is 2.56. The van der Waals surface area contributed by atoms with Crippen LogP contribution in [-0.4, -0.2) is 41.6 Å². The van der Waals surface area contributed by atoms with Gasteiger partial charge in [-0.15, -0.1) is 11.3 Å². The first-order valence-electron chi connectivity index (χ1n) is 6.94. The Balaban J connectivity index is 1.94. The smallest absolute Gasteiger partial charge is 0.0965 e. The molecule has 102 valence electrons. The fourth-order valence-electron chi connectivity index (χ4n) is 2.56. The molecule has 1 aliphatic rings. The third-order valence-electron chi connectivity index (χ3n) is 3.92. The van der Waals surface area contributed by atoms with Crippen molar-refractivity contribution in [2.24, 2.45) is 5.92 Å². The lowest BCUT2D eigenvalue weighted by Gasteiger charge is -2.41. The molecule has 0 saturated carbocycles. The second-order valence-corrected chi connectivity index (χ2v) is 6.76. The van der Waals surface area contributed by atoms with Crippen LogP contribution in [0.2, 0.25) is 0 Å². The second kappa shape index (κ2) is 6.13. The minimum atomic E-state index is 0.540. The molecule has 2 heterocycles. The van der Waals surface area contributed by atoms with Gasteiger partial charge < -0.3 is 5.32 Å². The largest absolute Gasteiger partial charge is 0.311 e. The molecule has 1 fully saturated rings. The molecular weight excluding hydrogens is 242 g/mol. The molecule has 3 unspecified atom stereocenters. The minimum absolute atomic E-state index is 0.540. The van der Waals surface area contributed by atoms with E-state index in [4.69, 9.17) is 0 Å². The van der Waals surface area contributed by atoms with E-state index in [0.717, 1.165) is 19.6 Å². The second-order valence-electron chi connectivity index (χ2n) is 5.83. The normalized spacial score (nSPS) is 27.6. The zero-order valence-electron chi connectivity index (χ0n) is 11.9. The highest BCUT2D eigenvalue weighted by Crippen LogP contribution is 2.21. The van der Waals surface area contributed by atoms with Crippen molar-refractivity contribution in [3.8, 4) is 0 Å². The van der Waals surface area contributed by atoms with Crippen molar-refractivity contribution in [1.29, 1.82) is 0 Å². The molecular formula is C14H25N3S. The van der Waals surface area contributed by atoms with Gasteiger partial charge in [-0.3, -0.25) is 4.90 Å². The summed E-state index contributed by atoms with van der Waals surface area (Å²) in [5.74, 6) is 1.24. The van der Waals surface area contributed by atoms with Gasteiger partial charge in [-0.2, -0.15) is 0 Å². The molecule has 0 spiro atoms. The predicted molar refractivity (Wildman–Crippen MR) is 78.2 cm³/mol. The van der Waals surface area contributed by atoms with Crippen molar-refractivity contribution in [3.05, 3.63) is 16.6 Å². The standard InChI is InChI=1S/C14H25N3S/c1-10(2)13-9-17(12(4)7-16-13)8-11(3)14-15-5-6-18-14/h5-6,10-13,16H,7-9H2,1-4H3. The van der Waals surface area contributed by atoms with Crippen LogP contribution in [-0.2, 0) is 0 Å². The summed E-state index contributed by atoms with van der Waals surface area (Å²) in [7, 11) is 0. The van der Waals surface area contributed by atoms with Gasteiger partial charge in [0.05, 0.1) is 5.01 Å². The molecule has 3 nitrogen and oxygen atoms in total. The van der Waals surface area contributed by atoms with Crippen LogP contribution in [0.25, 0.3) is 0 Å². The molecule has 0 aromatic carbocycles. The summed E-state index contributed by atoms with van der Waals surface area (Å²) < 4.78 is 0. The number of hydrogen-bond acceptors (Lipinski definition) is 4. The molecule has 1 aromatic rings. The lowest BCUT2D eigenvalue weighted by atomic mass is 9.99. The summed E-state index contributed by atoms with van der Waals surface area (Å²) >= 11 is 1.77. The quantitative estimate of drug-likeness (QED) is 0.909. The van der Waals surface area contributed by atoms with Gasteiger partial charge in [0, 0.05) is 49.2 Å². The number of nitrogens with one attached hydrogen (secondary N) is 1. The maximum absolute atomic E-state index is 4.44. The van der Waals surface area contributed by atoms with Crippen LogP contribution >= 0.6 is 11.3 Å². The highest BCUT2D eigenvalue weighted by atomic mass is 32.1. The Labute approximate surface area is 115 Å². The first kappa shape index (κ1) is 14.0. The van der Waals surface area contributed by atoms with Crippen LogP contribution in [0.3, 0.4) is 0 Å². The van der Waals surface area contributed by atoms with Crippen molar-refractivity contribution in [2.45, 2.75) is 45.7 Å². The highest BCUT2D eigenvalue weighted by Gasteiger charge is 2.28. The van der Waals surface area contributed by atoms with Crippen LogP contribution < -0.4 is 5.32 Å². The number of rotatable bonds is 4. The highest BCUT2D eigenvalue weighted by molar-refractivity contribution is 7.09. The SMILES string of the molecule is CC(CN1CC(C(C)C)NCC1C)c1nccs1. The van der Waals surface area contributed by atoms with Crippen molar-refractivity contribution in [3.63, 3.8) is 0 Å². The summed E-state index contributed by atoms with van der Waals surface area (Å²) in [6.45, 7) is 12.6. The maximum Gasteiger partial charge on any atom is 0.0965 e. The van der Waals surface area contributed by atoms with Crippen LogP contribution in [0.4, 0.5) is 0 Å². The molecule has 18 heavy (non-hydrogen) atoms. The summed E-state index contributed by atoms with van der Waals surface area (Å²) in [4.78, 5) is 7.06. The van der Waals surface area contributed by atoms with Crippen LogP contribution in [0.5, 0.6) is 0 Å². The minimum Gasteiger partial charge on any atom is -0.311 e. The maximum atomic E-state index is 4.44. The van der Waals surface area contributed by atoms with Crippen LogP contribution in [0.1, 0.15) is 38.6 Å². The van der Waals surface area contributed by atoms with Gasteiger partial charge in [0.1, 0.15) is 0 Å². The molecule has 0 radical (unpaired) electrons. The number of hydrogen-bond donors (Lipinski definition) is 1. The average Bonchev–Trinajstić information content (AvgIpc) is 2.85. The Morgan fingerprint density at radius 1 is 1.50 bits per heavy atom. The lowest BCUT2D eigenvalue weighted by Crippen LogP contribution is -2.57. The Bertz CT molecular complexity index is 350. The number of aromatic nitrogens is 1. The van der Waals surface area contributed by atoms with Gasteiger partial charge in [0.25, 0.3) is 0 Å². The number of thiazole rings is 1. The van der Waals surface area contributed by atoms with E-state index in [-0.39, 0.29) is 0 Å². The first-order valence-corrected chi connectivity index (χ1v) is 7.82. The molecule has 1 N–H and O–H groups in total. The molecule has 2 rings (SSSR count). The molecule has 0 bridgehead atoms. The molecule has 1 saturated heterocycles. The van der Waals surface area contributed by atoms with E-state index < -0.39 is 0 Å². The van der Waals surface area contributed by atoms with Crippen LogP contribution in [0.15, 0.2) is 11.6 Å². The van der Waals surface area contributed by atoms with E-state index in [9.17, 15) is 0 Å². The van der Waals surface area contributed by atoms with Crippen molar-refractivity contribution >= 4 is 11.3 Å². The van der Waals surface area contributed by atoms with Gasteiger partial charge in [0.2, 0.25) is 0 Å². The molecule has 4 heteroatoms. The zero-order chi connectivity index (χ0) is 13.1.